The standard InChI is InChI=1S/C16H15N/c1-12-7-3-6-10-16(12)17-11-14-8-4-5-9-15(14)13(17)2/h3-11H,1-2H3. The number of fused-ring (bicyclic) bond motifs is 1. The Hall–Kier alpha value is -2.02. The van der Waals surface area contributed by atoms with E-state index in [1.807, 2.05) is 0 Å². The molecule has 0 N–H and O–H groups in total. The van der Waals surface area contributed by atoms with Gasteiger partial charge < -0.3 is 4.57 Å². The van der Waals surface area contributed by atoms with Gasteiger partial charge in [-0.1, -0.05) is 42.5 Å². The van der Waals surface area contributed by atoms with Gasteiger partial charge in [0.15, 0.2) is 0 Å². The zero-order chi connectivity index (χ0) is 11.8. The Bertz CT molecular complexity index is 677. The first kappa shape index (κ1) is 10.2. The zero-order valence-electron chi connectivity index (χ0n) is 10.1. The van der Waals surface area contributed by atoms with E-state index in [4.69, 9.17) is 0 Å². The van der Waals surface area contributed by atoms with Crippen LogP contribution in [0.3, 0.4) is 0 Å². The Morgan fingerprint density at radius 2 is 1.53 bits per heavy atom. The lowest BCUT2D eigenvalue weighted by Crippen LogP contribution is -1.96. The average Bonchev–Trinajstić information content (AvgIpc) is 2.68. The second-order valence-electron chi connectivity index (χ2n) is 4.46. The van der Waals surface area contributed by atoms with Crippen LogP contribution in [0.4, 0.5) is 0 Å². The minimum Gasteiger partial charge on any atom is -0.320 e. The van der Waals surface area contributed by atoms with Crippen molar-refractivity contribution in [2.24, 2.45) is 0 Å². The van der Waals surface area contributed by atoms with E-state index in [1.165, 1.54) is 27.7 Å². The lowest BCUT2D eigenvalue weighted by Gasteiger charge is -2.09. The first-order valence-electron chi connectivity index (χ1n) is 5.90. The Labute approximate surface area is 101 Å². The Morgan fingerprint density at radius 1 is 0.824 bits per heavy atom. The maximum absolute atomic E-state index is 2.28. The SMILES string of the molecule is Cc1ccccc1-n1cc2ccccc2c1C. The third-order valence-electron chi connectivity index (χ3n) is 3.36. The third-order valence-corrected chi connectivity index (χ3v) is 3.36. The minimum absolute atomic E-state index is 1.27. The van der Waals surface area contributed by atoms with Crippen LogP contribution in [0.15, 0.2) is 54.7 Å². The molecule has 3 aromatic rings. The van der Waals surface area contributed by atoms with Gasteiger partial charge in [0, 0.05) is 28.4 Å². The summed E-state index contributed by atoms with van der Waals surface area (Å²) in [6.07, 6.45) is 2.22. The Kier molecular flexibility index (Phi) is 2.25. The molecule has 0 spiro atoms. The highest BCUT2D eigenvalue weighted by Gasteiger charge is 2.07. The average molecular weight is 221 g/mol. The lowest BCUT2D eigenvalue weighted by molar-refractivity contribution is 1.01. The van der Waals surface area contributed by atoms with Gasteiger partial charge in [-0.05, 0) is 25.5 Å². The van der Waals surface area contributed by atoms with Gasteiger partial charge >= 0.3 is 0 Å². The summed E-state index contributed by atoms with van der Waals surface area (Å²) < 4.78 is 2.28. The molecule has 1 heterocycles. The normalized spacial score (nSPS) is 10.9. The zero-order valence-corrected chi connectivity index (χ0v) is 10.1. The van der Waals surface area contributed by atoms with E-state index in [1.54, 1.807) is 0 Å². The summed E-state index contributed by atoms with van der Waals surface area (Å²) in [5, 5.41) is 2.63. The maximum atomic E-state index is 2.28. The van der Waals surface area contributed by atoms with Crippen molar-refractivity contribution < 1.29 is 0 Å². The van der Waals surface area contributed by atoms with E-state index in [2.05, 4.69) is 73.1 Å². The molecule has 0 aliphatic rings. The number of hydrogen-bond acceptors (Lipinski definition) is 0. The number of aryl methyl sites for hydroxylation is 2. The molecule has 1 heteroatoms. The summed E-state index contributed by atoms with van der Waals surface area (Å²) in [5.41, 5.74) is 3.87. The van der Waals surface area contributed by atoms with Crippen molar-refractivity contribution in [2.45, 2.75) is 13.8 Å². The molecule has 84 valence electrons. The fourth-order valence-corrected chi connectivity index (χ4v) is 2.39. The first-order valence-corrected chi connectivity index (χ1v) is 5.90. The lowest BCUT2D eigenvalue weighted by atomic mass is 10.2. The van der Waals surface area contributed by atoms with Gasteiger partial charge in [0.2, 0.25) is 0 Å². The molecule has 0 saturated carbocycles. The first-order chi connectivity index (χ1) is 8.27. The van der Waals surface area contributed by atoms with Crippen LogP contribution in [-0.4, -0.2) is 4.57 Å². The summed E-state index contributed by atoms with van der Waals surface area (Å²) in [7, 11) is 0. The van der Waals surface area contributed by atoms with Gasteiger partial charge in [-0.2, -0.15) is 0 Å². The van der Waals surface area contributed by atoms with Gasteiger partial charge in [0.25, 0.3) is 0 Å². The summed E-state index contributed by atoms with van der Waals surface area (Å²) in [4.78, 5) is 0. The summed E-state index contributed by atoms with van der Waals surface area (Å²) in [6.45, 7) is 4.33. The smallest absolute Gasteiger partial charge is 0.0481 e. The van der Waals surface area contributed by atoms with Crippen molar-refractivity contribution in [1.82, 2.24) is 4.57 Å². The monoisotopic (exact) mass is 221 g/mol. The van der Waals surface area contributed by atoms with Gasteiger partial charge in [-0.15, -0.1) is 0 Å². The molecule has 0 bridgehead atoms. The minimum atomic E-state index is 1.27. The van der Waals surface area contributed by atoms with E-state index in [0.29, 0.717) is 0 Å². The highest BCUT2D eigenvalue weighted by molar-refractivity contribution is 5.86. The second kappa shape index (κ2) is 3.77. The molecule has 0 atom stereocenters. The molecular formula is C16H15N. The fraction of sp³-hybridized carbons (Fsp3) is 0.125. The largest absolute Gasteiger partial charge is 0.320 e. The highest BCUT2D eigenvalue weighted by atomic mass is 15.0. The molecule has 0 saturated heterocycles. The molecule has 17 heavy (non-hydrogen) atoms. The van der Waals surface area contributed by atoms with Crippen LogP contribution in [0.2, 0.25) is 0 Å². The number of hydrogen-bond donors (Lipinski definition) is 0. The number of para-hydroxylation sites is 1. The summed E-state index contributed by atoms with van der Waals surface area (Å²) >= 11 is 0. The third kappa shape index (κ3) is 1.55. The topological polar surface area (TPSA) is 4.93 Å². The van der Waals surface area contributed by atoms with E-state index < -0.39 is 0 Å². The van der Waals surface area contributed by atoms with Crippen molar-refractivity contribution in [2.75, 3.05) is 0 Å². The van der Waals surface area contributed by atoms with Crippen molar-refractivity contribution in [3.05, 3.63) is 66.0 Å². The van der Waals surface area contributed by atoms with Gasteiger partial charge in [-0.3, -0.25) is 0 Å². The number of benzene rings is 2. The van der Waals surface area contributed by atoms with Crippen LogP contribution in [-0.2, 0) is 0 Å². The number of rotatable bonds is 1. The molecule has 0 aliphatic heterocycles. The van der Waals surface area contributed by atoms with E-state index >= 15 is 0 Å². The highest BCUT2D eigenvalue weighted by Crippen LogP contribution is 2.25. The van der Waals surface area contributed by atoms with Crippen molar-refractivity contribution in [3.8, 4) is 5.69 Å². The molecule has 0 unspecified atom stereocenters. The van der Waals surface area contributed by atoms with Gasteiger partial charge in [-0.25, -0.2) is 0 Å². The molecule has 2 aromatic carbocycles. The number of nitrogens with zero attached hydrogens (tertiary/aromatic N) is 1. The molecule has 0 aliphatic carbocycles. The predicted octanol–water partition coefficient (Wildman–Crippen LogP) is 4.25. The number of aromatic nitrogens is 1. The van der Waals surface area contributed by atoms with E-state index in [-0.39, 0.29) is 0 Å². The van der Waals surface area contributed by atoms with Crippen LogP contribution in [0, 0.1) is 13.8 Å². The van der Waals surface area contributed by atoms with Crippen LogP contribution in [0.5, 0.6) is 0 Å². The molecule has 0 radical (unpaired) electrons. The van der Waals surface area contributed by atoms with E-state index in [0.717, 1.165) is 0 Å². The molecule has 1 nitrogen and oxygen atoms in total. The van der Waals surface area contributed by atoms with E-state index in [9.17, 15) is 0 Å². The van der Waals surface area contributed by atoms with Gasteiger partial charge in [0.05, 0.1) is 0 Å². The molecule has 0 fully saturated rings. The summed E-state index contributed by atoms with van der Waals surface area (Å²) in [5.74, 6) is 0. The molecule has 3 rings (SSSR count). The van der Waals surface area contributed by atoms with Crippen LogP contribution < -0.4 is 0 Å². The molecule has 0 amide bonds. The van der Waals surface area contributed by atoms with Crippen molar-refractivity contribution in [1.29, 1.82) is 0 Å². The Morgan fingerprint density at radius 3 is 2.29 bits per heavy atom. The summed E-state index contributed by atoms with van der Waals surface area (Å²) in [6, 6.07) is 17.0. The van der Waals surface area contributed by atoms with Crippen molar-refractivity contribution >= 4 is 10.8 Å². The van der Waals surface area contributed by atoms with Crippen LogP contribution in [0.25, 0.3) is 16.5 Å². The molecular weight excluding hydrogens is 206 g/mol. The van der Waals surface area contributed by atoms with Gasteiger partial charge in [0.1, 0.15) is 0 Å². The van der Waals surface area contributed by atoms with Crippen LogP contribution in [0.1, 0.15) is 11.3 Å². The Balaban J connectivity index is 2.32. The van der Waals surface area contributed by atoms with Crippen molar-refractivity contribution in [3.63, 3.8) is 0 Å². The fourth-order valence-electron chi connectivity index (χ4n) is 2.39. The quantitative estimate of drug-likeness (QED) is 0.579. The molecule has 1 aromatic heterocycles. The maximum Gasteiger partial charge on any atom is 0.0481 e. The van der Waals surface area contributed by atoms with Crippen LogP contribution >= 0.6 is 0 Å². The second-order valence-corrected chi connectivity index (χ2v) is 4.46. The predicted molar refractivity (Wildman–Crippen MR) is 72.7 cm³/mol.